The predicted octanol–water partition coefficient (Wildman–Crippen LogP) is 0.939. The molecule has 1 unspecified atom stereocenters. The lowest BCUT2D eigenvalue weighted by Gasteiger charge is -2.10. The Morgan fingerprint density at radius 1 is 1.50 bits per heavy atom. The van der Waals surface area contributed by atoms with Crippen molar-refractivity contribution in [3.8, 4) is 5.75 Å². The Kier molecular flexibility index (Phi) is 3.48. The average Bonchev–Trinajstić information content (AvgIpc) is 2.16. The van der Waals surface area contributed by atoms with E-state index in [0.29, 0.717) is 5.69 Å². The summed E-state index contributed by atoms with van der Waals surface area (Å²) in [4.78, 5) is 11.4. The molecule has 0 aliphatic carbocycles. The quantitative estimate of drug-likeness (QED) is 0.671. The first-order valence-electron chi connectivity index (χ1n) is 4.40. The molecule has 1 aromatic rings. The Bertz CT molecular complexity index is 326. The smallest absolute Gasteiger partial charge is 0.241 e. The number of phenolic OH excluding ortho intramolecular Hbond substituents is 1. The predicted molar refractivity (Wildman–Crippen MR) is 55.3 cm³/mol. The molecule has 4 heteroatoms. The first kappa shape index (κ1) is 10.5. The zero-order valence-electron chi connectivity index (χ0n) is 8.24. The largest absolute Gasteiger partial charge is 0.508 e. The summed E-state index contributed by atoms with van der Waals surface area (Å²) in [6, 6.07) is 6.20. The maximum Gasteiger partial charge on any atom is 0.241 e. The van der Waals surface area contributed by atoms with E-state index in [-0.39, 0.29) is 17.7 Å². The number of nitrogens with one attached hydrogen (secondary N) is 2. The molecule has 1 amide bonds. The van der Waals surface area contributed by atoms with E-state index >= 15 is 0 Å². The molecular weight excluding hydrogens is 180 g/mol. The molecule has 0 spiro atoms. The molecule has 76 valence electrons. The average molecular weight is 194 g/mol. The molecule has 0 radical (unpaired) electrons. The van der Waals surface area contributed by atoms with Crippen LogP contribution in [0.5, 0.6) is 5.75 Å². The Morgan fingerprint density at radius 2 is 2.21 bits per heavy atom. The number of hydrogen-bond acceptors (Lipinski definition) is 3. The highest BCUT2D eigenvalue weighted by Crippen LogP contribution is 2.15. The van der Waals surface area contributed by atoms with Crippen LogP contribution in [-0.2, 0) is 4.79 Å². The number of carbonyl (C=O) groups is 1. The lowest BCUT2D eigenvalue weighted by atomic mass is 10.2. The van der Waals surface area contributed by atoms with Gasteiger partial charge in [0.25, 0.3) is 0 Å². The van der Waals surface area contributed by atoms with Crippen molar-refractivity contribution in [1.82, 2.24) is 5.32 Å². The summed E-state index contributed by atoms with van der Waals surface area (Å²) in [6.07, 6.45) is 0. The van der Waals surface area contributed by atoms with E-state index in [9.17, 15) is 4.79 Å². The molecule has 0 saturated carbocycles. The third kappa shape index (κ3) is 2.74. The Morgan fingerprint density at radius 3 is 2.79 bits per heavy atom. The molecule has 4 nitrogen and oxygen atoms in total. The van der Waals surface area contributed by atoms with Crippen LogP contribution in [0.25, 0.3) is 0 Å². The maximum absolute atomic E-state index is 11.4. The normalized spacial score (nSPS) is 12.1. The molecule has 0 aliphatic heterocycles. The van der Waals surface area contributed by atoms with Gasteiger partial charge in [0.05, 0.1) is 6.04 Å². The fraction of sp³-hybridized carbons (Fsp3) is 0.300. The van der Waals surface area contributed by atoms with Crippen LogP contribution in [0.4, 0.5) is 5.69 Å². The van der Waals surface area contributed by atoms with Crippen molar-refractivity contribution in [3.63, 3.8) is 0 Å². The number of benzene rings is 1. The van der Waals surface area contributed by atoms with Crippen LogP contribution < -0.4 is 10.6 Å². The van der Waals surface area contributed by atoms with E-state index in [0.717, 1.165) is 0 Å². The van der Waals surface area contributed by atoms with E-state index < -0.39 is 0 Å². The van der Waals surface area contributed by atoms with E-state index in [1.807, 2.05) is 0 Å². The van der Waals surface area contributed by atoms with Gasteiger partial charge in [-0.25, -0.2) is 0 Å². The molecule has 0 aromatic heterocycles. The molecule has 0 fully saturated rings. The van der Waals surface area contributed by atoms with E-state index in [2.05, 4.69) is 10.6 Å². The van der Waals surface area contributed by atoms with E-state index in [1.54, 1.807) is 32.2 Å². The molecule has 1 aromatic carbocycles. The zero-order chi connectivity index (χ0) is 10.6. The van der Waals surface area contributed by atoms with Crippen molar-refractivity contribution in [3.05, 3.63) is 24.3 Å². The summed E-state index contributed by atoms with van der Waals surface area (Å²) < 4.78 is 0. The lowest BCUT2D eigenvalue weighted by Crippen LogP contribution is -2.35. The summed E-state index contributed by atoms with van der Waals surface area (Å²) in [7, 11) is 1.71. The first-order valence-corrected chi connectivity index (χ1v) is 4.40. The highest BCUT2D eigenvalue weighted by atomic mass is 16.3. The van der Waals surface area contributed by atoms with Gasteiger partial charge in [-0.2, -0.15) is 0 Å². The molecule has 3 N–H and O–H groups in total. The minimum absolute atomic E-state index is 0.127. The number of aromatic hydroxyl groups is 1. The minimum atomic E-state index is -0.252. The summed E-state index contributed by atoms with van der Waals surface area (Å²) in [5.74, 6) is 0.0120. The van der Waals surface area contributed by atoms with Crippen LogP contribution in [0.2, 0.25) is 0 Å². The highest BCUT2D eigenvalue weighted by Gasteiger charge is 2.09. The highest BCUT2D eigenvalue weighted by molar-refractivity contribution is 5.94. The number of phenols is 1. The Balaban J connectivity index is 2.65. The van der Waals surface area contributed by atoms with Crippen LogP contribution in [0.1, 0.15) is 6.92 Å². The topological polar surface area (TPSA) is 61.4 Å². The summed E-state index contributed by atoms with van der Waals surface area (Å²) >= 11 is 0. The summed E-state index contributed by atoms with van der Waals surface area (Å²) in [6.45, 7) is 1.76. The third-order valence-electron chi connectivity index (χ3n) is 1.94. The fourth-order valence-corrected chi connectivity index (χ4v) is 0.965. The van der Waals surface area contributed by atoms with Crippen molar-refractivity contribution in [1.29, 1.82) is 0 Å². The van der Waals surface area contributed by atoms with Gasteiger partial charge in [-0.1, -0.05) is 6.07 Å². The van der Waals surface area contributed by atoms with Gasteiger partial charge in [0, 0.05) is 11.8 Å². The van der Waals surface area contributed by atoms with Gasteiger partial charge in [-0.15, -0.1) is 0 Å². The van der Waals surface area contributed by atoms with Crippen LogP contribution in [0.15, 0.2) is 24.3 Å². The molecule has 0 saturated heterocycles. The van der Waals surface area contributed by atoms with Crippen molar-refractivity contribution in [2.45, 2.75) is 13.0 Å². The standard InChI is InChI=1S/C10H14N2O2/c1-7(11-2)10(14)12-8-4-3-5-9(13)6-8/h3-7,11,13H,1-2H3,(H,12,14). The Labute approximate surface area is 82.9 Å². The second-order valence-electron chi connectivity index (χ2n) is 3.05. The SMILES string of the molecule is CNC(C)C(=O)Nc1cccc(O)c1. The monoisotopic (exact) mass is 194 g/mol. The van der Waals surface area contributed by atoms with Crippen LogP contribution in [0.3, 0.4) is 0 Å². The molecule has 14 heavy (non-hydrogen) atoms. The number of likely N-dealkylation sites (N-methyl/N-ethyl adjacent to an activating group) is 1. The van der Waals surface area contributed by atoms with E-state index in [4.69, 9.17) is 5.11 Å². The van der Waals surface area contributed by atoms with Gasteiger partial charge < -0.3 is 15.7 Å². The molecule has 1 atom stereocenters. The van der Waals surface area contributed by atoms with E-state index in [1.165, 1.54) is 6.07 Å². The molecule has 0 heterocycles. The zero-order valence-corrected chi connectivity index (χ0v) is 8.24. The number of rotatable bonds is 3. The van der Waals surface area contributed by atoms with Crippen LogP contribution >= 0.6 is 0 Å². The fourth-order valence-electron chi connectivity index (χ4n) is 0.965. The van der Waals surface area contributed by atoms with Gasteiger partial charge in [0.1, 0.15) is 5.75 Å². The van der Waals surface area contributed by atoms with Gasteiger partial charge in [0.2, 0.25) is 5.91 Å². The number of carbonyl (C=O) groups excluding carboxylic acids is 1. The Hall–Kier alpha value is -1.55. The van der Waals surface area contributed by atoms with Crippen LogP contribution in [0, 0.1) is 0 Å². The molecule has 0 bridgehead atoms. The van der Waals surface area contributed by atoms with Gasteiger partial charge in [0.15, 0.2) is 0 Å². The number of anilines is 1. The summed E-state index contributed by atoms with van der Waals surface area (Å²) in [5.41, 5.74) is 0.595. The van der Waals surface area contributed by atoms with Gasteiger partial charge >= 0.3 is 0 Å². The second-order valence-corrected chi connectivity index (χ2v) is 3.05. The van der Waals surface area contributed by atoms with Gasteiger partial charge in [-0.3, -0.25) is 4.79 Å². The van der Waals surface area contributed by atoms with Crippen molar-refractivity contribution >= 4 is 11.6 Å². The second kappa shape index (κ2) is 4.62. The number of amides is 1. The number of hydrogen-bond donors (Lipinski definition) is 3. The molecule has 0 aliphatic rings. The van der Waals surface area contributed by atoms with Gasteiger partial charge in [-0.05, 0) is 26.1 Å². The minimum Gasteiger partial charge on any atom is -0.508 e. The third-order valence-corrected chi connectivity index (χ3v) is 1.94. The first-order chi connectivity index (χ1) is 6.63. The van der Waals surface area contributed by atoms with Crippen molar-refractivity contribution in [2.75, 3.05) is 12.4 Å². The maximum atomic E-state index is 11.4. The molecular formula is C10H14N2O2. The lowest BCUT2D eigenvalue weighted by molar-refractivity contribution is -0.117. The molecule has 1 rings (SSSR count). The van der Waals surface area contributed by atoms with Crippen molar-refractivity contribution < 1.29 is 9.90 Å². The van der Waals surface area contributed by atoms with Crippen LogP contribution in [-0.4, -0.2) is 24.1 Å². The van der Waals surface area contributed by atoms with Crippen molar-refractivity contribution in [2.24, 2.45) is 0 Å². The summed E-state index contributed by atoms with van der Waals surface area (Å²) in [5, 5.41) is 14.7.